The van der Waals surface area contributed by atoms with E-state index in [0.717, 1.165) is 0 Å². The minimum absolute atomic E-state index is 0.00398. The Balaban J connectivity index is 2.73. The van der Waals surface area contributed by atoms with E-state index >= 15 is 0 Å². The highest BCUT2D eigenvalue weighted by molar-refractivity contribution is 5.97. The fourth-order valence-electron chi connectivity index (χ4n) is 0.911. The second-order valence-electron chi connectivity index (χ2n) is 2.53. The summed E-state index contributed by atoms with van der Waals surface area (Å²) in [6.45, 7) is 3.26. The van der Waals surface area contributed by atoms with Crippen molar-refractivity contribution in [3.63, 3.8) is 0 Å². The fourth-order valence-corrected chi connectivity index (χ4v) is 0.911. The minimum atomic E-state index is -0.108. The van der Waals surface area contributed by atoms with Gasteiger partial charge in [0.25, 0.3) is 0 Å². The molecule has 0 saturated heterocycles. The van der Waals surface area contributed by atoms with Crippen LogP contribution in [0.5, 0.6) is 0 Å². The molecule has 0 fully saturated rings. The molecule has 62 valence electrons. The molecule has 0 unspecified atom stereocenters. The van der Waals surface area contributed by atoms with Gasteiger partial charge in [-0.3, -0.25) is 4.79 Å². The second kappa shape index (κ2) is 3.72. The summed E-state index contributed by atoms with van der Waals surface area (Å²) in [7, 11) is 0. The molecular formula is C10H10O2. The van der Waals surface area contributed by atoms with Gasteiger partial charge in [-0.2, -0.15) is 0 Å². The van der Waals surface area contributed by atoms with Crippen LogP contribution in [0.3, 0.4) is 0 Å². The number of aliphatic hydroxyl groups excluding tert-OH is 1. The Morgan fingerprint density at radius 3 is 2.42 bits per heavy atom. The minimum Gasteiger partial charge on any atom is -0.512 e. The maximum absolute atomic E-state index is 11.2. The molecule has 2 heteroatoms. The maximum Gasteiger partial charge on any atom is 0.170 e. The number of aliphatic hydroxyl groups is 1. The standard InChI is InChI=1S/C10H10O2/c1-8(11)7-10(12)9-5-3-2-4-6-9/h2-6,11H,1,7H2. The van der Waals surface area contributed by atoms with Crippen molar-refractivity contribution in [2.24, 2.45) is 0 Å². The maximum atomic E-state index is 11.2. The molecular weight excluding hydrogens is 152 g/mol. The van der Waals surface area contributed by atoms with Gasteiger partial charge >= 0.3 is 0 Å². The zero-order chi connectivity index (χ0) is 8.97. The number of allylic oxidation sites excluding steroid dienone is 1. The Kier molecular flexibility index (Phi) is 2.64. The number of benzene rings is 1. The molecule has 0 saturated carbocycles. The fraction of sp³-hybridized carbons (Fsp3) is 0.100. The Morgan fingerprint density at radius 1 is 1.33 bits per heavy atom. The van der Waals surface area contributed by atoms with Crippen molar-refractivity contribution in [1.29, 1.82) is 0 Å². The van der Waals surface area contributed by atoms with E-state index in [1.807, 2.05) is 6.07 Å². The number of carbonyl (C=O) groups excluding carboxylic acids is 1. The van der Waals surface area contributed by atoms with Gasteiger partial charge in [0.2, 0.25) is 0 Å². The second-order valence-corrected chi connectivity index (χ2v) is 2.53. The Morgan fingerprint density at radius 2 is 1.92 bits per heavy atom. The third-order valence-corrected chi connectivity index (χ3v) is 1.46. The molecule has 0 spiro atoms. The molecule has 0 aliphatic carbocycles. The lowest BCUT2D eigenvalue weighted by atomic mass is 10.1. The average molecular weight is 162 g/mol. The van der Waals surface area contributed by atoms with Crippen LogP contribution >= 0.6 is 0 Å². The molecule has 1 aromatic rings. The van der Waals surface area contributed by atoms with Crippen LogP contribution < -0.4 is 0 Å². The first-order valence-corrected chi connectivity index (χ1v) is 3.65. The Hall–Kier alpha value is -1.57. The van der Waals surface area contributed by atoms with E-state index in [2.05, 4.69) is 6.58 Å². The van der Waals surface area contributed by atoms with Gasteiger partial charge in [0.15, 0.2) is 5.78 Å². The van der Waals surface area contributed by atoms with E-state index in [1.54, 1.807) is 24.3 Å². The molecule has 0 aromatic heterocycles. The van der Waals surface area contributed by atoms with Crippen LogP contribution in [-0.4, -0.2) is 10.9 Å². The first-order chi connectivity index (χ1) is 5.70. The lowest BCUT2D eigenvalue weighted by Crippen LogP contribution is -1.99. The molecule has 0 aliphatic rings. The van der Waals surface area contributed by atoms with Crippen LogP contribution in [0, 0.1) is 0 Å². The number of carbonyl (C=O) groups is 1. The lowest BCUT2D eigenvalue weighted by Gasteiger charge is -1.97. The van der Waals surface area contributed by atoms with Gasteiger partial charge in [-0.15, -0.1) is 0 Å². The predicted molar refractivity (Wildman–Crippen MR) is 47.2 cm³/mol. The van der Waals surface area contributed by atoms with Gasteiger partial charge in [-0.1, -0.05) is 36.9 Å². The van der Waals surface area contributed by atoms with Crippen LogP contribution in [0.15, 0.2) is 42.7 Å². The van der Waals surface area contributed by atoms with Crippen LogP contribution in [0.25, 0.3) is 0 Å². The zero-order valence-electron chi connectivity index (χ0n) is 6.66. The topological polar surface area (TPSA) is 37.3 Å². The molecule has 0 aliphatic heterocycles. The molecule has 1 N–H and O–H groups in total. The monoisotopic (exact) mass is 162 g/mol. The van der Waals surface area contributed by atoms with E-state index in [0.29, 0.717) is 5.56 Å². The quantitative estimate of drug-likeness (QED) is 0.547. The van der Waals surface area contributed by atoms with Crippen LogP contribution in [0.1, 0.15) is 16.8 Å². The summed E-state index contributed by atoms with van der Waals surface area (Å²) in [5.74, 6) is -0.202. The predicted octanol–water partition coefficient (Wildman–Crippen LogP) is 2.33. The van der Waals surface area contributed by atoms with Gasteiger partial charge in [0, 0.05) is 5.56 Å². The molecule has 0 atom stereocenters. The number of rotatable bonds is 3. The summed E-state index contributed by atoms with van der Waals surface area (Å²) in [5.41, 5.74) is 0.604. The molecule has 0 bridgehead atoms. The first-order valence-electron chi connectivity index (χ1n) is 3.65. The summed E-state index contributed by atoms with van der Waals surface area (Å²) in [6, 6.07) is 8.84. The summed E-state index contributed by atoms with van der Waals surface area (Å²) in [6.07, 6.45) is 0.00398. The largest absolute Gasteiger partial charge is 0.512 e. The van der Waals surface area contributed by atoms with Gasteiger partial charge in [0.05, 0.1) is 12.2 Å². The molecule has 1 rings (SSSR count). The lowest BCUT2D eigenvalue weighted by molar-refractivity contribution is 0.0980. The van der Waals surface area contributed by atoms with Crippen molar-refractivity contribution in [3.05, 3.63) is 48.2 Å². The Bertz CT molecular complexity index is 288. The van der Waals surface area contributed by atoms with Gasteiger partial charge < -0.3 is 5.11 Å². The summed E-state index contributed by atoms with van der Waals surface area (Å²) >= 11 is 0. The number of hydrogen-bond donors (Lipinski definition) is 1. The van der Waals surface area contributed by atoms with Crippen molar-refractivity contribution in [3.8, 4) is 0 Å². The first kappa shape index (κ1) is 8.53. The SMILES string of the molecule is C=C(O)CC(=O)c1ccccc1. The number of hydrogen-bond acceptors (Lipinski definition) is 2. The summed E-state index contributed by atoms with van der Waals surface area (Å²) in [5, 5.41) is 8.77. The normalized spacial score (nSPS) is 9.33. The van der Waals surface area contributed by atoms with Crippen LogP contribution in [-0.2, 0) is 0 Å². The van der Waals surface area contributed by atoms with Crippen molar-refractivity contribution >= 4 is 5.78 Å². The zero-order valence-corrected chi connectivity index (χ0v) is 6.66. The van der Waals surface area contributed by atoms with Gasteiger partial charge in [0.1, 0.15) is 0 Å². The van der Waals surface area contributed by atoms with Gasteiger partial charge in [-0.25, -0.2) is 0 Å². The van der Waals surface area contributed by atoms with Crippen molar-refractivity contribution in [2.75, 3.05) is 0 Å². The molecule has 12 heavy (non-hydrogen) atoms. The highest BCUT2D eigenvalue weighted by Crippen LogP contribution is 2.05. The highest BCUT2D eigenvalue weighted by atomic mass is 16.3. The van der Waals surface area contributed by atoms with Crippen LogP contribution in [0.4, 0.5) is 0 Å². The van der Waals surface area contributed by atoms with Gasteiger partial charge in [-0.05, 0) is 0 Å². The highest BCUT2D eigenvalue weighted by Gasteiger charge is 2.04. The third-order valence-electron chi connectivity index (χ3n) is 1.46. The molecule has 0 radical (unpaired) electrons. The van der Waals surface area contributed by atoms with Crippen LogP contribution in [0.2, 0.25) is 0 Å². The van der Waals surface area contributed by atoms with E-state index in [4.69, 9.17) is 5.11 Å². The molecule has 1 aromatic carbocycles. The van der Waals surface area contributed by atoms with Crippen molar-refractivity contribution < 1.29 is 9.90 Å². The van der Waals surface area contributed by atoms with E-state index < -0.39 is 0 Å². The summed E-state index contributed by atoms with van der Waals surface area (Å²) in [4.78, 5) is 11.2. The summed E-state index contributed by atoms with van der Waals surface area (Å²) < 4.78 is 0. The average Bonchev–Trinajstić information content (AvgIpc) is 2.05. The Labute approximate surface area is 71.2 Å². The number of ketones is 1. The third kappa shape index (κ3) is 2.23. The molecule has 0 amide bonds. The van der Waals surface area contributed by atoms with E-state index in [1.165, 1.54) is 0 Å². The smallest absolute Gasteiger partial charge is 0.170 e. The molecule has 2 nitrogen and oxygen atoms in total. The van der Waals surface area contributed by atoms with E-state index in [-0.39, 0.29) is 18.0 Å². The van der Waals surface area contributed by atoms with Crippen molar-refractivity contribution in [1.82, 2.24) is 0 Å². The van der Waals surface area contributed by atoms with Crippen molar-refractivity contribution in [2.45, 2.75) is 6.42 Å². The molecule has 0 heterocycles. The number of Topliss-reactive ketones (excluding diaryl/α,β-unsaturated/α-hetero) is 1. The van der Waals surface area contributed by atoms with E-state index in [9.17, 15) is 4.79 Å².